The Morgan fingerprint density at radius 3 is 2.53 bits per heavy atom. The highest BCUT2D eigenvalue weighted by molar-refractivity contribution is 6.33. The van der Waals surface area contributed by atoms with Crippen LogP contribution in [0.3, 0.4) is 0 Å². The second-order valence-corrected chi connectivity index (χ2v) is 3.48. The lowest BCUT2D eigenvalue weighted by molar-refractivity contribution is 0.287. The number of aryl methyl sites for hydroxylation is 1. The molecule has 0 amide bonds. The quantitative estimate of drug-likeness (QED) is 0.844. The number of benzene rings is 1. The van der Waals surface area contributed by atoms with Gasteiger partial charge in [-0.15, -0.1) is 0 Å². The maximum atomic E-state index is 8.76. The van der Waals surface area contributed by atoms with Gasteiger partial charge in [0.25, 0.3) is 0 Å². The molecular formula is C11H15ClO3. The third-order valence-electron chi connectivity index (χ3n) is 2.17. The van der Waals surface area contributed by atoms with Crippen molar-refractivity contribution in [1.82, 2.24) is 0 Å². The Kier molecular flexibility index (Phi) is 4.72. The Morgan fingerprint density at radius 1 is 1.27 bits per heavy atom. The van der Waals surface area contributed by atoms with Gasteiger partial charge in [-0.25, -0.2) is 0 Å². The van der Waals surface area contributed by atoms with Gasteiger partial charge < -0.3 is 14.6 Å². The summed E-state index contributed by atoms with van der Waals surface area (Å²) < 4.78 is 10.3. The van der Waals surface area contributed by atoms with E-state index in [1.165, 1.54) is 0 Å². The maximum absolute atomic E-state index is 8.76. The minimum absolute atomic E-state index is 0.160. The second kappa shape index (κ2) is 5.83. The molecule has 84 valence electrons. The van der Waals surface area contributed by atoms with E-state index in [9.17, 15) is 0 Å². The molecule has 0 radical (unpaired) electrons. The Balaban J connectivity index is 3.01. The summed E-state index contributed by atoms with van der Waals surface area (Å²) in [7, 11) is 3.14. The van der Waals surface area contributed by atoms with Gasteiger partial charge in [0.2, 0.25) is 0 Å². The molecular weight excluding hydrogens is 216 g/mol. The first-order chi connectivity index (χ1) is 7.24. The van der Waals surface area contributed by atoms with E-state index in [2.05, 4.69) is 0 Å². The molecule has 0 aliphatic heterocycles. The number of aliphatic hydroxyl groups excluding tert-OH is 1. The first-order valence-corrected chi connectivity index (χ1v) is 5.12. The molecule has 0 fully saturated rings. The van der Waals surface area contributed by atoms with Crippen molar-refractivity contribution in [2.24, 2.45) is 0 Å². The highest BCUT2D eigenvalue weighted by Crippen LogP contribution is 2.37. The summed E-state index contributed by atoms with van der Waals surface area (Å²) >= 11 is 6.08. The zero-order chi connectivity index (χ0) is 11.3. The topological polar surface area (TPSA) is 38.7 Å². The van der Waals surface area contributed by atoms with Crippen LogP contribution in [0.2, 0.25) is 5.02 Å². The van der Waals surface area contributed by atoms with Crippen molar-refractivity contribution in [3.8, 4) is 11.5 Å². The van der Waals surface area contributed by atoms with Crippen LogP contribution in [0.5, 0.6) is 11.5 Å². The van der Waals surface area contributed by atoms with Gasteiger partial charge in [0.05, 0.1) is 14.2 Å². The monoisotopic (exact) mass is 230 g/mol. The summed E-state index contributed by atoms with van der Waals surface area (Å²) in [5.41, 5.74) is 0.984. The van der Waals surface area contributed by atoms with Gasteiger partial charge in [-0.05, 0) is 24.5 Å². The summed E-state index contributed by atoms with van der Waals surface area (Å²) in [6.45, 7) is 0.160. The zero-order valence-corrected chi connectivity index (χ0v) is 9.67. The van der Waals surface area contributed by atoms with E-state index in [0.717, 1.165) is 12.0 Å². The van der Waals surface area contributed by atoms with E-state index < -0.39 is 0 Å². The fraction of sp³-hybridized carbons (Fsp3) is 0.455. The number of halogens is 1. The maximum Gasteiger partial charge on any atom is 0.144 e. The van der Waals surface area contributed by atoms with Gasteiger partial charge in [-0.3, -0.25) is 0 Å². The van der Waals surface area contributed by atoms with Crippen molar-refractivity contribution in [1.29, 1.82) is 0 Å². The highest BCUT2D eigenvalue weighted by atomic mass is 35.5. The summed E-state index contributed by atoms with van der Waals surface area (Å²) in [5.74, 6) is 1.23. The van der Waals surface area contributed by atoms with Crippen molar-refractivity contribution in [3.05, 3.63) is 22.7 Å². The van der Waals surface area contributed by atoms with Gasteiger partial charge in [-0.1, -0.05) is 17.7 Å². The van der Waals surface area contributed by atoms with E-state index in [-0.39, 0.29) is 6.61 Å². The highest BCUT2D eigenvalue weighted by Gasteiger charge is 2.12. The predicted molar refractivity (Wildman–Crippen MR) is 60.0 cm³/mol. The SMILES string of the molecule is COc1ccc(CCCO)c(OC)c1Cl. The normalized spacial score (nSPS) is 10.1. The van der Waals surface area contributed by atoms with Crippen LogP contribution in [-0.4, -0.2) is 25.9 Å². The van der Waals surface area contributed by atoms with Crippen LogP contribution in [0.1, 0.15) is 12.0 Å². The van der Waals surface area contributed by atoms with Crippen molar-refractivity contribution in [2.45, 2.75) is 12.8 Å². The molecule has 0 heterocycles. The van der Waals surface area contributed by atoms with Crippen molar-refractivity contribution < 1.29 is 14.6 Å². The summed E-state index contributed by atoms with van der Waals surface area (Å²) in [6, 6.07) is 3.71. The third kappa shape index (κ3) is 2.76. The lowest BCUT2D eigenvalue weighted by atomic mass is 10.1. The molecule has 4 heteroatoms. The molecule has 0 aliphatic carbocycles. The standard InChI is InChI=1S/C11H15ClO3/c1-14-9-6-5-8(4-3-7-13)11(15-2)10(9)12/h5-6,13H,3-4,7H2,1-2H3. The average molecular weight is 231 g/mol. The number of hydrogen-bond donors (Lipinski definition) is 1. The van der Waals surface area contributed by atoms with Gasteiger partial charge in [0.15, 0.2) is 0 Å². The summed E-state index contributed by atoms with van der Waals surface area (Å²) in [5, 5.41) is 9.24. The number of methoxy groups -OCH3 is 2. The van der Waals surface area contributed by atoms with Crippen LogP contribution >= 0.6 is 11.6 Å². The molecule has 0 aliphatic rings. The predicted octanol–water partition coefficient (Wildman–Crippen LogP) is 2.28. The molecule has 1 aromatic rings. The first-order valence-electron chi connectivity index (χ1n) is 4.74. The van der Waals surface area contributed by atoms with Crippen molar-refractivity contribution >= 4 is 11.6 Å². The molecule has 1 N–H and O–H groups in total. The van der Waals surface area contributed by atoms with E-state index in [0.29, 0.717) is 22.9 Å². The van der Waals surface area contributed by atoms with Crippen LogP contribution in [-0.2, 0) is 6.42 Å². The largest absolute Gasteiger partial charge is 0.495 e. The number of rotatable bonds is 5. The average Bonchev–Trinajstić information content (AvgIpc) is 2.26. The molecule has 0 saturated carbocycles. The molecule has 15 heavy (non-hydrogen) atoms. The van der Waals surface area contributed by atoms with Gasteiger partial charge in [-0.2, -0.15) is 0 Å². The number of ether oxygens (including phenoxy) is 2. The number of hydrogen-bond acceptors (Lipinski definition) is 3. The molecule has 0 aromatic heterocycles. The molecule has 1 aromatic carbocycles. The van der Waals surface area contributed by atoms with Crippen LogP contribution < -0.4 is 9.47 Å². The Bertz CT molecular complexity index is 326. The van der Waals surface area contributed by atoms with Crippen molar-refractivity contribution in [3.63, 3.8) is 0 Å². The first kappa shape index (κ1) is 12.1. The molecule has 0 atom stereocenters. The molecule has 0 bridgehead atoms. The van der Waals surface area contributed by atoms with E-state index in [1.54, 1.807) is 20.3 Å². The molecule has 0 saturated heterocycles. The van der Waals surface area contributed by atoms with Gasteiger partial charge in [0.1, 0.15) is 16.5 Å². The fourth-order valence-corrected chi connectivity index (χ4v) is 1.76. The Hall–Kier alpha value is -0.930. The van der Waals surface area contributed by atoms with Crippen LogP contribution in [0.25, 0.3) is 0 Å². The van der Waals surface area contributed by atoms with E-state index in [4.69, 9.17) is 26.2 Å². The van der Waals surface area contributed by atoms with Crippen LogP contribution in [0.4, 0.5) is 0 Å². The third-order valence-corrected chi connectivity index (χ3v) is 2.53. The van der Waals surface area contributed by atoms with Gasteiger partial charge in [0, 0.05) is 6.61 Å². The van der Waals surface area contributed by atoms with Gasteiger partial charge >= 0.3 is 0 Å². The lowest BCUT2D eigenvalue weighted by Crippen LogP contribution is -1.97. The fourth-order valence-electron chi connectivity index (χ4n) is 1.42. The van der Waals surface area contributed by atoms with E-state index >= 15 is 0 Å². The molecule has 0 spiro atoms. The smallest absolute Gasteiger partial charge is 0.144 e. The van der Waals surface area contributed by atoms with Crippen LogP contribution in [0, 0.1) is 0 Å². The minimum atomic E-state index is 0.160. The summed E-state index contributed by atoms with van der Waals surface area (Å²) in [6.07, 6.45) is 1.43. The van der Waals surface area contributed by atoms with Crippen molar-refractivity contribution in [2.75, 3.05) is 20.8 Å². The summed E-state index contributed by atoms with van der Waals surface area (Å²) in [4.78, 5) is 0. The molecule has 0 unspecified atom stereocenters. The number of aliphatic hydroxyl groups is 1. The molecule has 1 rings (SSSR count). The second-order valence-electron chi connectivity index (χ2n) is 3.10. The minimum Gasteiger partial charge on any atom is -0.495 e. The van der Waals surface area contributed by atoms with Crippen LogP contribution in [0.15, 0.2) is 12.1 Å². The zero-order valence-electron chi connectivity index (χ0n) is 8.92. The molecule has 3 nitrogen and oxygen atoms in total. The Labute approximate surface area is 94.6 Å². The lowest BCUT2D eigenvalue weighted by Gasteiger charge is -2.12. The van der Waals surface area contributed by atoms with E-state index in [1.807, 2.05) is 6.07 Å². The Morgan fingerprint density at radius 2 is 2.00 bits per heavy atom.